The highest BCUT2D eigenvalue weighted by Crippen LogP contribution is 2.48. The van der Waals surface area contributed by atoms with Crippen molar-refractivity contribution in [2.75, 3.05) is 6.61 Å². The first kappa shape index (κ1) is 12.2. The lowest BCUT2D eigenvalue weighted by Gasteiger charge is -2.26. The van der Waals surface area contributed by atoms with Crippen LogP contribution in [0.4, 0.5) is 0 Å². The predicted octanol–water partition coefficient (Wildman–Crippen LogP) is 0.470. The zero-order valence-corrected chi connectivity index (χ0v) is 9.85. The minimum atomic E-state index is -1.19. The molecular weight excluding hydrogens is 244 g/mol. The van der Waals surface area contributed by atoms with Gasteiger partial charge in [0, 0.05) is 16.9 Å². The van der Waals surface area contributed by atoms with E-state index in [1.165, 1.54) is 0 Å². The number of hydrogen-bond donors (Lipinski definition) is 0. The summed E-state index contributed by atoms with van der Waals surface area (Å²) in [7, 11) is 0. The monoisotopic (exact) mass is 255 g/mol. The Labute approximate surface area is 104 Å². The Morgan fingerprint density at radius 2 is 1.94 bits per heavy atom. The van der Waals surface area contributed by atoms with Gasteiger partial charge in [-0.25, -0.2) is 0 Å². The molecule has 2 aliphatic carbocycles. The Balaban J connectivity index is 2.08. The summed E-state index contributed by atoms with van der Waals surface area (Å²) < 4.78 is 4.92. The van der Waals surface area contributed by atoms with Crippen LogP contribution >= 0.6 is 11.6 Å². The molecule has 0 unspecified atom stereocenters. The summed E-state index contributed by atoms with van der Waals surface area (Å²) in [5.41, 5.74) is 0. The number of carboxylic acid groups (broad SMARTS) is 1. The van der Waals surface area contributed by atoms with Crippen molar-refractivity contribution < 1.29 is 19.4 Å². The molecule has 92 valence electrons. The number of aliphatic carboxylic acids is 1. The second-order valence-electron chi connectivity index (χ2n) is 4.44. The van der Waals surface area contributed by atoms with Crippen LogP contribution in [0.2, 0.25) is 0 Å². The summed E-state index contributed by atoms with van der Waals surface area (Å²) in [4.78, 5) is 22.9. The maximum absolute atomic E-state index is 11.8. The van der Waals surface area contributed by atoms with Gasteiger partial charge in [-0.3, -0.25) is 4.79 Å². The van der Waals surface area contributed by atoms with Crippen molar-refractivity contribution in [3.63, 3.8) is 0 Å². The molecule has 2 rings (SSSR count). The van der Waals surface area contributed by atoms with Crippen LogP contribution in [0.25, 0.3) is 0 Å². The fourth-order valence-corrected chi connectivity index (χ4v) is 2.77. The van der Waals surface area contributed by atoms with Crippen LogP contribution in [-0.4, -0.2) is 18.5 Å². The zero-order chi connectivity index (χ0) is 12.6. The fraction of sp³-hybridized carbons (Fsp3) is 0.500. The van der Waals surface area contributed by atoms with Crippen molar-refractivity contribution in [3.8, 4) is 0 Å². The summed E-state index contributed by atoms with van der Waals surface area (Å²) in [6, 6.07) is 0. The molecule has 4 atom stereocenters. The van der Waals surface area contributed by atoms with Crippen LogP contribution in [0.3, 0.4) is 0 Å². The van der Waals surface area contributed by atoms with Crippen LogP contribution in [0.15, 0.2) is 23.8 Å². The molecule has 0 spiro atoms. The third kappa shape index (κ3) is 2.22. The van der Waals surface area contributed by atoms with Gasteiger partial charge in [-0.05, 0) is 18.3 Å². The smallest absolute Gasteiger partial charge is 0.310 e. The third-order valence-corrected chi connectivity index (χ3v) is 3.48. The second-order valence-corrected chi connectivity index (χ2v) is 4.98. The lowest BCUT2D eigenvalue weighted by atomic mass is 9.83. The molecule has 1 saturated carbocycles. The molecule has 0 N–H and O–H groups in total. The molecule has 0 aliphatic heterocycles. The Bertz CT molecular complexity index is 401. The molecule has 5 heteroatoms. The quantitative estimate of drug-likeness (QED) is 0.541. The Hall–Kier alpha value is -1.29. The highest BCUT2D eigenvalue weighted by Gasteiger charge is 2.49. The van der Waals surface area contributed by atoms with E-state index < -0.39 is 23.8 Å². The number of rotatable bonds is 4. The van der Waals surface area contributed by atoms with Crippen LogP contribution in [0.1, 0.15) is 6.42 Å². The van der Waals surface area contributed by atoms with Crippen molar-refractivity contribution in [3.05, 3.63) is 23.8 Å². The average Bonchev–Trinajstić information content (AvgIpc) is 2.84. The molecule has 0 aromatic carbocycles. The maximum Gasteiger partial charge on any atom is 0.310 e. The van der Waals surface area contributed by atoms with Gasteiger partial charge in [-0.1, -0.05) is 30.3 Å². The molecule has 17 heavy (non-hydrogen) atoms. The van der Waals surface area contributed by atoms with E-state index in [4.69, 9.17) is 16.3 Å². The molecule has 0 saturated heterocycles. The van der Waals surface area contributed by atoms with E-state index in [1.807, 2.05) is 12.2 Å². The summed E-state index contributed by atoms with van der Waals surface area (Å²) in [6.07, 6.45) is 4.40. The fourth-order valence-electron chi connectivity index (χ4n) is 2.71. The van der Waals surface area contributed by atoms with Gasteiger partial charge in [0.25, 0.3) is 0 Å². The Kier molecular flexibility index (Phi) is 3.24. The molecule has 0 aromatic heterocycles. The first-order chi connectivity index (χ1) is 8.00. The van der Waals surface area contributed by atoms with Gasteiger partial charge in [-0.2, -0.15) is 0 Å². The molecular formula is C12H12ClO4-. The number of esters is 1. The van der Waals surface area contributed by atoms with E-state index in [9.17, 15) is 14.7 Å². The van der Waals surface area contributed by atoms with Crippen molar-refractivity contribution >= 4 is 23.5 Å². The third-order valence-electron chi connectivity index (χ3n) is 3.37. The summed E-state index contributed by atoms with van der Waals surface area (Å²) in [5, 5.41) is 11.3. The molecule has 0 heterocycles. The Morgan fingerprint density at radius 3 is 2.47 bits per heavy atom. The van der Waals surface area contributed by atoms with E-state index >= 15 is 0 Å². The number of halogens is 1. The number of carbonyl (C=O) groups is 2. The van der Waals surface area contributed by atoms with Gasteiger partial charge in [-0.15, -0.1) is 0 Å². The maximum atomic E-state index is 11.8. The summed E-state index contributed by atoms with van der Waals surface area (Å²) in [6.45, 7) is 3.32. The molecule has 4 nitrogen and oxygen atoms in total. The highest BCUT2D eigenvalue weighted by molar-refractivity contribution is 6.29. The van der Waals surface area contributed by atoms with Crippen LogP contribution in [-0.2, 0) is 14.3 Å². The van der Waals surface area contributed by atoms with Gasteiger partial charge in [0.2, 0.25) is 0 Å². The molecule has 0 amide bonds. The second kappa shape index (κ2) is 4.53. The normalized spacial score (nSPS) is 33.7. The number of hydrogen-bond acceptors (Lipinski definition) is 4. The van der Waals surface area contributed by atoms with Gasteiger partial charge in [0.15, 0.2) is 0 Å². The van der Waals surface area contributed by atoms with Gasteiger partial charge >= 0.3 is 5.97 Å². The minimum Gasteiger partial charge on any atom is -0.550 e. The van der Waals surface area contributed by atoms with Crippen LogP contribution in [0, 0.1) is 23.7 Å². The largest absolute Gasteiger partial charge is 0.550 e. The van der Waals surface area contributed by atoms with Crippen LogP contribution in [0.5, 0.6) is 0 Å². The number of ether oxygens (including phenoxy) is 1. The molecule has 2 bridgehead atoms. The van der Waals surface area contributed by atoms with Gasteiger partial charge in [0.1, 0.15) is 6.61 Å². The van der Waals surface area contributed by atoms with Crippen molar-refractivity contribution in [2.45, 2.75) is 6.42 Å². The lowest BCUT2D eigenvalue weighted by Crippen LogP contribution is -2.41. The van der Waals surface area contributed by atoms with Gasteiger partial charge in [0.05, 0.1) is 5.92 Å². The van der Waals surface area contributed by atoms with E-state index in [1.54, 1.807) is 0 Å². The zero-order valence-electron chi connectivity index (χ0n) is 9.10. The number of carbonyl (C=O) groups excluding carboxylic acids is 2. The summed E-state index contributed by atoms with van der Waals surface area (Å²) in [5.74, 6) is -3.31. The summed E-state index contributed by atoms with van der Waals surface area (Å²) >= 11 is 5.49. The van der Waals surface area contributed by atoms with E-state index in [0.717, 1.165) is 0 Å². The predicted molar refractivity (Wildman–Crippen MR) is 58.7 cm³/mol. The molecule has 0 aromatic rings. The van der Waals surface area contributed by atoms with Gasteiger partial charge < -0.3 is 14.6 Å². The van der Waals surface area contributed by atoms with E-state index in [2.05, 4.69) is 6.58 Å². The lowest BCUT2D eigenvalue weighted by molar-refractivity contribution is -0.314. The molecule has 1 fully saturated rings. The number of carboxylic acids is 1. The standard InChI is InChI=1S/C12H13ClO4/c1-6(13)5-17-12(16)10-8-3-2-7(4-8)9(10)11(14)15/h2-3,7-10H,1,4-5H2,(H,14,15)/p-1/t7-,8+,9+,10-/m1/s1. The van der Waals surface area contributed by atoms with Crippen molar-refractivity contribution in [1.29, 1.82) is 0 Å². The van der Waals surface area contributed by atoms with E-state index in [-0.39, 0.29) is 23.5 Å². The SMILES string of the molecule is C=C(Cl)COC(=O)[C@H]1[C@@H](C(=O)[O-])[C@@H]2C=C[C@H]1C2. The van der Waals surface area contributed by atoms with E-state index in [0.29, 0.717) is 6.42 Å². The molecule has 0 radical (unpaired) electrons. The van der Waals surface area contributed by atoms with Crippen LogP contribution < -0.4 is 5.11 Å². The molecule has 2 aliphatic rings. The number of fused-ring (bicyclic) bond motifs is 2. The minimum absolute atomic E-state index is 0.0565. The highest BCUT2D eigenvalue weighted by atomic mass is 35.5. The first-order valence-corrected chi connectivity index (χ1v) is 5.77. The topological polar surface area (TPSA) is 66.4 Å². The first-order valence-electron chi connectivity index (χ1n) is 5.40. The Morgan fingerprint density at radius 1 is 1.35 bits per heavy atom. The van der Waals surface area contributed by atoms with Crippen molar-refractivity contribution in [1.82, 2.24) is 0 Å². The average molecular weight is 256 g/mol. The number of allylic oxidation sites excluding steroid dienone is 2. The van der Waals surface area contributed by atoms with Crippen molar-refractivity contribution in [2.24, 2.45) is 23.7 Å².